The molecule has 5 nitrogen and oxygen atoms in total. The van der Waals surface area contributed by atoms with E-state index in [4.69, 9.17) is 5.26 Å². The minimum Gasteiger partial charge on any atom is -0.300 e. The monoisotopic (exact) mass is 263 g/mol. The van der Waals surface area contributed by atoms with E-state index in [0.29, 0.717) is 11.3 Å². The first-order chi connectivity index (χ1) is 9.70. The lowest BCUT2D eigenvalue weighted by Crippen LogP contribution is -2.29. The third-order valence-electron chi connectivity index (χ3n) is 3.16. The molecule has 0 N–H and O–H groups in total. The number of nitrogens with zero attached hydrogens (tertiary/aromatic N) is 3. The molecule has 0 saturated heterocycles. The maximum absolute atomic E-state index is 12.0. The molecule has 5 heteroatoms. The van der Waals surface area contributed by atoms with Gasteiger partial charge < -0.3 is 4.90 Å². The summed E-state index contributed by atoms with van der Waals surface area (Å²) in [6.07, 6.45) is 1.52. The van der Waals surface area contributed by atoms with Gasteiger partial charge in [0.05, 0.1) is 17.8 Å². The van der Waals surface area contributed by atoms with Gasteiger partial charge in [0, 0.05) is 6.20 Å². The molecule has 3 rings (SSSR count). The number of fused-ring (bicyclic) bond motifs is 1. The summed E-state index contributed by atoms with van der Waals surface area (Å²) in [5.74, 6) is -1.03. The van der Waals surface area contributed by atoms with Crippen LogP contribution in [0.1, 0.15) is 21.6 Å². The molecule has 1 aliphatic heterocycles. The van der Waals surface area contributed by atoms with Crippen molar-refractivity contribution in [2.75, 3.05) is 4.90 Å². The van der Waals surface area contributed by atoms with E-state index >= 15 is 0 Å². The lowest BCUT2D eigenvalue weighted by atomic mass is 10.1. The number of carbonyl (C=O) groups excluding carboxylic acids is 2. The van der Waals surface area contributed by atoms with Crippen LogP contribution in [0.4, 0.5) is 5.69 Å². The van der Waals surface area contributed by atoms with Crippen LogP contribution in [-0.2, 0) is 11.3 Å². The molecule has 1 aromatic heterocycles. The summed E-state index contributed by atoms with van der Waals surface area (Å²) in [6, 6.07) is 12.2. The van der Waals surface area contributed by atoms with Gasteiger partial charge in [-0.1, -0.05) is 12.1 Å². The summed E-state index contributed by atoms with van der Waals surface area (Å²) in [7, 11) is 0. The molecular weight excluding hydrogens is 254 g/mol. The summed E-state index contributed by atoms with van der Waals surface area (Å²) in [5, 5.41) is 8.83. The van der Waals surface area contributed by atoms with Gasteiger partial charge in [0.1, 0.15) is 11.8 Å². The van der Waals surface area contributed by atoms with Crippen molar-refractivity contribution in [2.45, 2.75) is 6.54 Å². The quantitative estimate of drug-likeness (QED) is 0.773. The smallest absolute Gasteiger partial charge is 0.299 e. The summed E-state index contributed by atoms with van der Waals surface area (Å²) in [4.78, 5) is 29.2. The van der Waals surface area contributed by atoms with Gasteiger partial charge in [0.2, 0.25) is 0 Å². The lowest BCUT2D eigenvalue weighted by molar-refractivity contribution is -0.114. The Labute approximate surface area is 115 Å². The first-order valence-corrected chi connectivity index (χ1v) is 6.01. The van der Waals surface area contributed by atoms with Crippen molar-refractivity contribution < 1.29 is 9.59 Å². The van der Waals surface area contributed by atoms with Gasteiger partial charge in [0.15, 0.2) is 0 Å². The van der Waals surface area contributed by atoms with Gasteiger partial charge in [0.25, 0.3) is 11.7 Å². The molecule has 1 aromatic carbocycles. The van der Waals surface area contributed by atoms with E-state index in [0.717, 1.165) is 5.56 Å². The van der Waals surface area contributed by atoms with Crippen LogP contribution in [0.5, 0.6) is 0 Å². The highest BCUT2D eigenvalue weighted by Gasteiger charge is 2.35. The van der Waals surface area contributed by atoms with Crippen LogP contribution in [0, 0.1) is 11.3 Å². The number of anilines is 1. The van der Waals surface area contributed by atoms with E-state index in [9.17, 15) is 9.59 Å². The summed E-state index contributed by atoms with van der Waals surface area (Å²) >= 11 is 0. The van der Waals surface area contributed by atoms with E-state index < -0.39 is 11.7 Å². The Morgan fingerprint density at radius 3 is 2.80 bits per heavy atom. The zero-order valence-electron chi connectivity index (χ0n) is 10.4. The average molecular weight is 263 g/mol. The average Bonchev–Trinajstić information content (AvgIpc) is 2.73. The van der Waals surface area contributed by atoms with Gasteiger partial charge in [-0.25, -0.2) is 4.98 Å². The summed E-state index contributed by atoms with van der Waals surface area (Å²) in [5.41, 5.74) is 2.08. The van der Waals surface area contributed by atoms with Crippen molar-refractivity contribution in [3.05, 3.63) is 59.4 Å². The third-order valence-corrected chi connectivity index (χ3v) is 3.16. The number of hydrogen-bond acceptors (Lipinski definition) is 4. The topological polar surface area (TPSA) is 74.1 Å². The molecule has 0 unspecified atom stereocenters. The fraction of sp³-hybridized carbons (Fsp3) is 0.0667. The van der Waals surface area contributed by atoms with E-state index in [2.05, 4.69) is 4.98 Å². The van der Waals surface area contributed by atoms with Gasteiger partial charge in [-0.15, -0.1) is 0 Å². The zero-order valence-corrected chi connectivity index (χ0v) is 10.4. The van der Waals surface area contributed by atoms with Crippen LogP contribution in [0.3, 0.4) is 0 Å². The van der Waals surface area contributed by atoms with Crippen LogP contribution in [0.2, 0.25) is 0 Å². The number of benzene rings is 1. The van der Waals surface area contributed by atoms with Crippen molar-refractivity contribution in [2.24, 2.45) is 0 Å². The number of amides is 1. The highest BCUT2D eigenvalue weighted by atomic mass is 16.2. The Hall–Kier alpha value is -3.00. The molecule has 0 aliphatic carbocycles. The fourth-order valence-electron chi connectivity index (χ4n) is 2.22. The number of aromatic nitrogens is 1. The Morgan fingerprint density at radius 1 is 1.20 bits per heavy atom. The van der Waals surface area contributed by atoms with E-state index in [1.54, 1.807) is 36.4 Å². The van der Waals surface area contributed by atoms with E-state index in [1.807, 2.05) is 6.07 Å². The molecular formula is C15H9N3O2. The highest BCUT2D eigenvalue weighted by molar-refractivity contribution is 6.52. The number of Topliss-reactive ketones (excluding diaryl/α,β-unsaturated/α-hetero) is 1. The summed E-state index contributed by atoms with van der Waals surface area (Å²) < 4.78 is 0. The second-order valence-electron chi connectivity index (χ2n) is 4.40. The molecule has 1 aliphatic rings. The number of hydrogen-bond donors (Lipinski definition) is 0. The third kappa shape index (κ3) is 1.84. The fourth-order valence-corrected chi connectivity index (χ4v) is 2.22. The number of carbonyl (C=O) groups is 2. The number of nitriles is 1. The molecule has 20 heavy (non-hydrogen) atoms. The van der Waals surface area contributed by atoms with Crippen LogP contribution >= 0.6 is 0 Å². The Morgan fingerprint density at radius 2 is 2.00 bits per heavy atom. The van der Waals surface area contributed by atoms with Crippen molar-refractivity contribution >= 4 is 17.4 Å². The van der Waals surface area contributed by atoms with E-state index in [1.165, 1.54) is 11.1 Å². The number of pyridine rings is 1. The molecule has 2 aromatic rings. The first kappa shape index (κ1) is 12.1. The molecule has 1 amide bonds. The second kappa shape index (κ2) is 4.59. The minimum absolute atomic E-state index is 0.249. The molecule has 0 saturated carbocycles. The molecule has 0 spiro atoms. The van der Waals surface area contributed by atoms with Crippen molar-refractivity contribution in [3.8, 4) is 6.07 Å². The highest BCUT2D eigenvalue weighted by Crippen LogP contribution is 2.29. The largest absolute Gasteiger partial charge is 0.300 e. The van der Waals surface area contributed by atoms with Gasteiger partial charge in [-0.3, -0.25) is 9.59 Å². The minimum atomic E-state index is -0.540. The van der Waals surface area contributed by atoms with Gasteiger partial charge in [-0.05, 0) is 29.8 Å². The predicted octanol–water partition coefficient (Wildman–Crippen LogP) is 1.68. The standard InChI is InChI=1S/C15H9N3O2/c16-8-11-7-10(5-6-17-11)9-18-13-4-2-1-3-12(13)14(19)15(18)20/h1-7H,9H2. The Bertz CT molecular complexity index is 762. The Balaban J connectivity index is 1.97. The molecule has 0 fully saturated rings. The Kier molecular flexibility index (Phi) is 2.77. The second-order valence-corrected chi connectivity index (χ2v) is 4.40. The molecule has 0 radical (unpaired) electrons. The van der Waals surface area contributed by atoms with Crippen LogP contribution in [0.25, 0.3) is 0 Å². The predicted molar refractivity (Wildman–Crippen MR) is 70.9 cm³/mol. The van der Waals surface area contributed by atoms with E-state index in [-0.39, 0.29) is 12.2 Å². The molecule has 0 bridgehead atoms. The maximum Gasteiger partial charge on any atom is 0.299 e. The number of para-hydroxylation sites is 1. The van der Waals surface area contributed by atoms with Crippen molar-refractivity contribution in [3.63, 3.8) is 0 Å². The van der Waals surface area contributed by atoms with Crippen LogP contribution in [-0.4, -0.2) is 16.7 Å². The van der Waals surface area contributed by atoms with Gasteiger partial charge >= 0.3 is 0 Å². The van der Waals surface area contributed by atoms with Crippen molar-refractivity contribution in [1.29, 1.82) is 5.26 Å². The van der Waals surface area contributed by atoms with Crippen LogP contribution in [0.15, 0.2) is 42.6 Å². The van der Waals surface area contributed by atoms with Gasteiger partial charge in [-0.2, -0.15) is 5.26 Å². The number of ketones is 1. The van der Waals surface area contributed by atoms with Crippen LogP contribution < -0.4 is 4.90 Å². The zero-order chi connectivity index (χ0) is 14.1. The molecule has 0 atom stereocenters. The number of rotatable bonds is 2. The first-order valence-electron chi connectivity index (χ1n) is 6.01. The normalized spacial score (nSPS) is 13.2. The SMILES string of the molecule is N#Cc1cc(CN2C(=O)C(=O)c3ccccc32)ccn1. The van der Waals surface area contributed by atoms with Crippen molar-refractivity contribution in [1.82, 2.24) is 4.98 Å². The summed E-state index contributed by atoms with van der Waals surface area (Å²) in [6.45, 7) is 0.249. The lowest BCUT2D eigenvalue weighted by Gasteiger charge is -2.16. The maximum atomic E-state index is 12.0. The molecule has 2 heterocycles. The molecule has 96 valence electrons.